The number of carbonyl (C=O) groups is 3. The van der Waals surface area contributed by atoms with E-state index in [1.165, 1.54) is 4.90 Å². The number of hydrogen-bond acceptors (Lipinski definition) is 5. The summed E-state index contributed by atoms with van der Waals surface area (Å²) in [7, 11) is 0. The van der Waals surface area contributed by atoms with Crippen molar-refractivity contribution in [1.82, 2.24) is 4.90 Å². The summed E-state index contributed by atoms with van der Waals surface area (Å²) in [4.78, 5) is 41.4. The van der Waals surface area contributed by atoms with Crippen LogP contribution in [0.25, 0.3) is 10.8 Å². The first kappa shape index (κ1) is 18.6. The minimum atomic E-state index is -0.510. The van der Waals surface area contributed by atoms with Gasteiger partial charge in [0, 0.05) is 11.9 Å². The quantitative estimate of drug-likeness (QED) is 0.603. The monoisotopic (exact) mass is 380 g/mol. The molecular weight excluding hydrogens is 356 g/mol. The molecule has 6 heteroatoms. The van der Waals surface area contributed by atoms with Gasteiger partial charge in [-0.05, 0) is 37.8 Å². The van der Waals surface area contributed by atoms with Crippen molar-refractivity contribution in [2.45, 2.75) is 32.2 Å². The fourth-order valence-corrected chi connectivity index (χ4v) is 4.30. The second kappa shape index (κ2) is 7.72. The van der Waals surface area contributed by atoms with Gasteiger partial charge in [0.2, 0.25) is 5.91 Å². The Hall–Kier alpha value is -2.73. The van der Waals surface area contributed by atoms with E-state index in [0.29, 0.717) is 25.4 Å². The Morgan fingerprint density at radius 3 is 2.75 bits per heavy atom. The summed E-state index contributed by atoms with van der Waals surface area (Å²) >= 11 is 0. The summed E-state index contributed by atoms with van der Waals surface area (Å²) < 4.78 is 5.15. The fourth-order valence-electron chi connectivity index (χ4n) is 4.30. The van der Waals surface area contributed by atoms with E-state index in [2.05, 4.69) is 0 Å². The highest BCUT2D eigenvalue weighted by Crippen LogP contribution is 2.33. The smallest absolute Gasteiger partial charge is 0.310 e. The Balaban J connectivity index is 1.58. The lowest BCUT2D eigenvalue weighted by atomic mass is 9.96. The Labute approximate surface area is 164 Å². The first-order valence-corrected chi connectivity index (χ1v) is 9.85. The predicted molar refractivity (Wildman–Crippen MR) is 106 cm³/mol. The molecule has 0 N–H and O–H groups in total. The zero-order valence-corrected chi connectivity index (χ0v) is 16.0. The largest absolute Gasteiger partial charge is 0.466 e. The number of anilines is 1. The van der Waals surface area contributed by atoms with Crippen LogP contribution in [0.5, 0.6) is 0 Å². The van der Waals surface area contributed by atoms with Crippen LogP contribution in [-0.4, -0.2) is 48.4 Å². The molecule has 0 unspecified atom stereocenters. The maximum Gasteiger partial charge on any atom is 0.310 e. The second-order valence-electron chi connectivity index (χ2n) is 7.37. The second-order valence-corrected chi connectivity index (χ2v) is 7.37. The Morgan fingerprint density at radius 1 is 1.14 bits per heavy atom. The number of amides is 2. The molecule has 2 heterocycles. The maximum absolute atomic E-state index is 13.2. The number of imide groups is 1. The molecule has 146 valence electrons. The van der Waals surface area contributed by atoms with Crippen molar-refractivity contribution in [3.05, 3.63) is 42.5 Å². The predicted octanol–water partition coefficient (Wildman–Crippen LogP) is 2.75. The van der Waals surface area contributed by atoms with E-state index in [1.54, 1.807) is 6.92 Å². The molecule has 0 radical (unpaired) electrons. The molecule has 28 heavy (non-hydrogen) atoms. The number of likely N-dealkylation sites (tertiary alicyclic amines) is 1. The summed E-state index contributed by atoms with van der Waals surface area (Å²) in [5, 5.41) is 1.87. The van der Waals surface area contributed by atoms with Gasteiger partial charge < -0.3 is 4.74 Å². The van der Waals surface area contributed by atoms with Crippen molar-refractivity contribution in [2.75, 3.05) is 24.6 Å². The van der Waals surface area contributed by atoms with Crippen LogP contribution in [0.3, 0.4) is 0 Å². The molecule has 2 aromatic rings. The van der Waals surface area contributed by atoms with Gasteiger partial charge in [-0.1, -0.05) is 36.4 Å². The van der Waals surface area contributed by atoms with Crippen molar-refractivity contribution in [2.24, 2.45) is 5.92 Å². The van der Waals surface area contributed by atoms with E-state index in [1.807, 2.05) is 47.4 Å². The van der Waals surface area contributed by atoms with Crippen LogP contribution in [0.15, 0.2) is 42.5 Å². The zero-order valence-electron chi connectivity index (χ0n) is 16.0. The third-order valence-corrected chi connectivity index (χ3v) is 5.64. The molecule has 0 saturated carbocycles. The van der Waals surface area contributed by atoms with Gasteiger partial charge in [0.15, 0.2) is 0 Å². The average molecular weight is 380 g/mol. The van der Waals surface area contributed by atoms with Gasteiger partial charge in [-0.15, -0.1) is 0 Å². The number of fused-ring (bicyclic) bond motifs is 1. The highest BCUT2D eigenvalue weighted by Gasteiger charge is 2.44. The lowest BCUT2D eigenvalue weighted by molar-refractivity contribution is -0.150. The zero-order chi connectivity index (χ0) is 19.7. The molecule has 2 saturated heterocycles. The number of carbonyl (C=O) groups excluding carboxylic acids is 3. The van der Waals surface area contributed by atoms with Gasteiger partial charge >= 0.3 is 5.97 Å². The first-order valence-electron chi connectivity index (χ1n) is 9.85. The molecule has 0 aliphatic carbocycles. The Bertz CT molecular complexity index is 920. The minimum Gasteiger partial charge on any atom is -0.466 e. The van der Waals surface area contributed by atoms with Gasteiger partial charge in [-0.2, -0.15) is 0 Å². The molecule has 6 nitrogen and oxygen atoms in total. The number of piperidine rings is 1. The van der Waals surface area contributed by atoms with Crippen LogP contribution in [-0.2, 0) is 19.1 Å². The molecule has 0 bridgehead atoms. The van der Waals surface area contributed by atoms with Gasteiger partial charge in [0.05, 0.1) is 30.7 Å². The molecule has 0 spiro atoms. The van der Waals surface area contributed by atoms with Gasteiger partial charge in [0.1, 0.15) is 0 Å². The SMILES string of the molecule is CCOC(=O)[C@@H]1CCCN([C@@H]2CC(=O)N(c3cccc4ccccc34)C2=O)C1. The lowest BCUT2D eigenvalue weighted by Gasteiger charge is -2.34. The van der Waals surface area contributed by atoms with E-state index in [-0.39, 0.29) is 30.1 Å². The Morgan fingerprint density at radius 2 is 1.93 bits per heavy atom. The molecule has 0 aromatic heterocycles. The van der Waals surface area contributed by atoms with Crippen molar-refractivity contribution >= 4 is 34.2 Å². The van der Waals surface area contributed by atoms with E-state index < -0.39 is 6.04 Å². The van der Waals surface area contributed by atoms with Crippen molar-refractivity contribution in [1.29, 1.82) is 0 Å². The molecule has 2 amide bonds. The molecular formula is C22H24N2O4. The van der Waals surface area contributed by atoms with Gasteiger partial charge in [-0.3, -0.25) is 19.3 Å². The van der Waals surface area contributed by atoms with E-state index in [0.717, 1.165) is 23.6 Å². The summed E-state index contributed by atoms with van der Waals surface area (Å²) in [5.41, 5.74) is 0.634. The molecule has 2 aliphatic heterocycles. The maximum atomic E-state index is 13.2. The molecule has 2 fully saturated rings. The molecule has 2 atom stereocenters. The third kappa shape index (κ3) is 3.29. The fraction of sp³-hybridized carbons (Fsp3) is 0.409. The lowest BCUT2D eigenvalue weighted by Crippen LogP contribution is -2.48. The number of benzene rings is 2. The Kier molecular flexibility index (Phi) is 5.13. The van der Waals surface area contributed by atoms with Crippen LogP contribution in [0.1, 0.15) is 26.2 Å². The van der Waals surface area contributed by atoms with E-state index >= 15 is 0 Å². The molecule has 4 rings (SSSR count). The standard InChI is InChI=1S/C22H24N2O4/c1-2-28-22(27)16-9-6-12-23(14-16)19-13-20(25)24(21(19)26)18-11-5-8-15-7-3-4-10-17(15)18/h3-5,7-8,10-11,16,19H,2,6,9,12-14H2,1H3/t16-,19-/m1/s1. The van der Waals surface area contributed by atoms with E-state index in [4.69, 9.17) is 4.74 Å². The molecule has 2 aliphatic rings. The van der Waals surface area contributed by atoms with Crippen LogP contribution >= 0.6 is 0 Å². The van der Waals surface area contributed by atoms with Crippen molar-refractivity contribution < 1.29 is 19.1 Å². The first-order chi connectivity index (χ1) is 13.6. The number of hydrogen-bond donors (Lipinski definition) is 0. The van der Waals surface area contributed by atoms with Crippen molar-refractivity contribution in [3.8, 4) is 0 Å². The summed E-state index contributed by atoms with van der Waals surface area (Å²) in [5.74, 6) is -0.839. The number of esters is 1. The normalized spacial score (nSPS) is 23.4. The molecule has 2 aromatic carbocycles. The summed E-state index contributed by atoms with van der Waals surface area (Å²) in [6.07, 6.45) is 1.73. The minimum absolute atomic E-state index is 0.150. The van der Waals surface area contributed by atoms with Crippen LogP contribution in [0.2, 0.25) is 0 Å². The van der Waals surface area contributed by atoms with Gasteiger partial charge in [0.25, 0.3) is 5.91 Å². The average Bonchev–Trinajstić information content (AvgIpc) is 3.02. The van der Waals surface area contributed by atoms with Crippen molar-refractivity contribution in [3.63, 3.8) is 0 Å². The van der Waals surface area contributed by atoms with E-state index in [9.17, 15) is 14.4 Å². The topological polar surface area (TPSA) is 66.9 Å². The van der Waals surface area contributed by atoms with Gasteiger partial charge in [-0.25, -0.2) is 4.90 Å². The number of nitrogens with zero attached hydrogens (tertiary/aromatic N) is 2. The van der Waals surface area contributed by atoms with Crippen LogP contribution < -0.4 is 4.90 Å². The highest BCUT2D eigenvalue weighted by atomic mass is 16.5. The van der Waals surface area contributed by atoms with Crippen LogP contribution in [0.4, 0.5) is 5.69 Å². The number of ether oxygens (including phenoxy) is 1. The number of rotatable bonds is 4. The third-order valence-electron chi connectivity index (χ3n) is 5.64. The highest BCUT2D eigenvalue weighted by molar-refractivity contribution is 6.25. The van der Waals surface area contributed by atoms with Crippen LogP contribution in [0, 0.1) is 5.92 Å². The summed E-state index contributed by atoms with van der Waals surface area (Å²) in [6.45, 7) is 3.32. The summed E-state index contributed by atoms with van der Waals surface area (Å²) in [6, 6.07) is 12.9.